The molecule has 6 nitrogen and oxygen atoms in total. The molecule has 15 heavy (non-hydrogen) atoms. The number of hydrogen-bond donors (Lipinski definition) is 3. The van der Waals surface area contributed by atoms with E-state index in [4.69, 9.17) is 0 Å². The van der Waals surface area contributed by atoms with Crippen LogP contribution >= 0.6 is 0 Å². The van der Waals surface area contributed by atoms with E-state index in [0.717, 1.165) is 18.8 Å². The summed E-state index contributed by atoms with van der Waals surface area (Å²) in [5.41, 5.74) is 0. The quantitative estimate of drug-likeness (QED) is 0.529. The van der Waals surface area contributed by atoms with E-state index in [1.807, 2.05) is 0 Å². The van der Waals surface area contributed by atoms with Gasteiger partial charge in [-0.1, -0.05) is 6.92 Å². The highest BCUT2D eigenvalue weighted by Crippen LogP contribution is 1.84. The summed E-state index contributed by atoms with van der Waals surface area (Å²) in [5.74, 6) is 0.805. The molecule has 0 radical (unpaired) electrons. The first-order chi connectivity index (χ1) is 7.33. The van der Waals surface area contributed by atoms with Crippen molar-refractivity contribution in [3.63, 3.8) is 0 Å². The fourth-order valence-electron chi connectivity index (χ4n) is 1.11. The van der Waals surface area contributed by atoms with E-state index < -0.39 is 0 Å². The molecule has 1 rings (SSSR count). The number of carbonyl (C=O) groups is 1. The van der Waals surface area contributed by atoms with Gasteiger partial charge in [-0.05, 0) is 13.0 Å². The first-order valence-electron chi connectivity index (χ1n) is 5.14. The van der Waals surface area contributed by atoms with Crippen LogP contribution in [0.15, 0.2) is 6.33 Å². The molecule has 0 aromatic carbocycles. The average Bonchev–Trinajstić information content (AvgIpc) is 2.71. The van der Waals surface area contributed by atoms with Crippen LogP contribution in [-0.4, -0.2) is 40.7 Å². The van der Waals surface area contributed by atoms with Gasteiger partial charge in [-0.25, -0.2) is 4.98 Å². The first-order valence-corrected chi connectivity index (χ1v) is 5.14. The van der Waals surface area contributed by atoms with Crippen molar-refractivity contribution in [2.45, 2.75) is 19.8 Å². The SMILES string of the molecule is CCCNCC(=O)NCCc1ncn[nH]1. The van der Waals surface area contributed by atoms with Gasteiger partial charge in [0, 0.05) is 13.0 Å². The third kappa shape index (κ3) is 5.11. The van der Waals surface area contributed by atoms with E-state index in [1.165, 1.54) is 6.33 Å². The van der Waals surface area contributed by atoms with Crippen LogP contribution in [-0.2, 0) is 11.2 Å². The maximum atomic E-state index is 11.2. The maximum absolute atomic E-state index is 11.2. The van der Waals surface area contributed by atoms with Gasteiger partial charge in [-0.2, -0.15) is 5.10 Å². The van der Waals surface area contributed by atoms with Gasteiger partial charge in [0.05, 0.1) is 6.54 Å². The Morgan fingerprint density at radius 2 is 2.40 bits per heavy atom. The molecule has 0 aliphatic carbocycles. The molecule has 1 aromatic rings. The Hall–Kier alpha value is -1.43. The standard InChI is InChI=1S/C9H17N5O/c1-2-4-10-6-9(15)11-5-3-8-12-7-13-14-8/h7,10H,2-6H2,1H3,(H,11,15)(H,12,13,14). The number of rotatable bonds is 7. The van der Waals surface area contributed by atoms with Gasteiger partial charge < -0.3 is 10.6 Å². The lowest BCUT2D eigenvalue weighted by Gasteiger charge is -2.04. The van der Waals surface area contributed by atoms with Crippen LogP contribution < -0.4 is 10.6 Å². The first kappa shape index (κ1) is 11.6. The number of hydrogen-bond acceptors (Lipinski definition) is 4. The molecule has 0 fully saturated rings. The lowest BCUT2D eigenvalue weighted by Crippen LogP contribution is -2.35. The molecular formula is C9H17N5O. The number of carbonyl (C=O) groups excluding carboxylic acids is 1. The van der Waals surface area contributed by atoms with Crippen molar-refractivity contribution in [3.8, 4) is 0 Å². The summed E-state index contributed by atoms with van der Waals surface area (Å²) in [6.07, 6.45) is 3.17. The summed E-state index contributed by atoms with van der Waals surface area (Å²) in [5, 5.41) is 12.3. The molecular weight excluding hydrogens is 194 g/mol. The van der Waals surface area contributed by atoms with Crippen molar-refractivity contribution in [3.05, 3.63) is 12.2 Å². The highest BCUT2D eigenvalue weighted by atomic mass is 16.1. The van der Waals surface area contributed by atoms with Crippen LogP contribution in [0, 0.1) is 0 Å². The molecule has 3 N–H and O–H groups in total. The number of nitrogens with zero attached hydrogens (tertiary/aromatic N) is 2. The Morgan fingerprint density at radius 1 is 1.53 bits per heavy atom. The van der Waals surface area contributed by atoms with Gasteiger partial charge in [-0.15, -0.1) is 0 Å². The van der Waals surface area contributed by atoms with E-state index in [9.17, 15) is 4.79 Å². The van der Waals surface area contributed by atoms with Crippen LogP contribution in [0.25, 0.3) is 0 Å². The fourth-order valence-corrected chi connectivity index (χ4v) is 1.11. The molecule has 0 aliphatic rings. The highest BCUT2D eigenvalue weighted by molar-refractivity contribution is 5.77. The van der Waals surface area contributed by atoms with E-state index >= 15 is 0 Å². The maximum Gasteiger partial charge on any atom is 0.233 e. The Kier molecular flexibility index (Phi) is 5.39. The van der Waals surface area contributed by atoms with E-state index in [2.05, 4.69) is 32.7 Å². The van der Waals surface area contributed by atoms with Crippen molar-refractivity contribution in [1.82, 2.24) is 25.8 Å². The molecule has 0 saturated heterocycles. The fraction of sp³-hybridized carbons (Fsp3) is 0.667. The van der Waals surface area contributed by atoms with Gasteiger partial charge in [-0.3, -0.25) is 9.89 Å². The second kappa shape index (κ2) is 6.94. The minimum atomic E-state index is 0.0166. The van der Waals surface area contributed by atoms with Crippen molar-refractivity contribution < 1.29 is 4.79 Å². The van der Waals surface area contributed by atoms with Gasteiger partial charge >= 0.3 is 0 Å². The third-order valence-corrected chi connectivity index (χ3v) is 1.86. The normalized spacial score (nSPS) is 10.2. The average molecular weight is 211 g/mol. The van der Waals surface area contributed by atoms with Gasteiger partial charge in [0.15, 0.2) is 0 Å². The predicted molar refractivity (Wildman–Crippen MR) is 56.3 cm³/mol. The molecule has 0 bridgehead atoms. The third-order valence-electron chi connectivity index (χ3n) is 1.86. The lowest BCUT2D eigenvalue weighted by atomic mass is 10.4. The van der Waals surface area contributed by atoms with E-state index in [0.29, 0.717) is 19.5 Å². The molecule has 1 heterocycles. The minimum Gasteiger partial charge on any atom is -0.355 e. The van der Waals surface area contributed by atoms with Crippen molar-refractivity contribution in [2.75, 3.05) is 19.6 Å². The zero-order chi connectivity index (χ0) is 10.9. The Balaban J connectivity index is 2.02. The summed E-state index contributed by atoms with van der Waals surface area (Å²) >= 11 is 0. The topological polar surface area (TPSA) is 82.7 Å². The zero-order valence-corrected chi connectivity index (χ0v) is 8.92. The molecule has 6 heteroatoms. The van der Waals surface area contributed by atoms with Gasteiger partial charge in [0.2, 0.25) is 5.91 Å². The van der Waals surface area contributed by atoms with Crippen LogP contribution in [0.3, 0.4) is 0 Å². The second-order valence-electron chi connectivity index (χ2n) is 3.21. The van der Waals surface area contributed by atoms with Crippen molar-refractivity contribution in [1.29, 1.82) is 0 Å². The largest absolute Gasteiger partial charge is 0.355 e. The number of aromatic amines is 1. The van der Waals surface area contributed by atoms with Crippen LogP contribution in [0.1, 0.15) is 19.2 Å². The Morgan fingerprint density at radius 3 is 3.07 bits per heavy atom. The van der Waals surface area contributed by atoms with Crippen molar-refractivity contribution >= 4 is 5.91 Å². The summed E-state index contributed by atoms with van der Waals surface area (Å²) < 4.78 is 0. The minimum absolute atomic E-state index is 0.0166. The smallest absolute Gasteiger partial charge is 0.233 e. The van der Waals surface area contributed by atoms with Crippen LogP contribution in [0.2, 0.25) is 0 Å². The van der Waals surface area contributed by atoms with Crippen LogP contribution in [0.5, 0.6) is 0 Å². The monoisotopic (exact) mass is 211 g/mol. The molecule has 0 atom stereocenters. The second-order valence-corrected chi connectivity index (χ2v) is 3.21. The summed E-state index contributed by atoms with van der Waals surface area (Å²) in [7, 11) is 0. The predicted octanol–water partition coefficient (Wildman–Crippen LogP) is -0.537. The summed E-state index contributed by atoms with van der Waals surface area (Å²) in [6, 6.07) is 0. The van der Waals surface area contributed by atoms with Crippen LogP contribution in [0.4, 0.5) is 0 Å². The van der Waals surface area contributed by atoms with E-state index in [1.54, 1.807) is 0 Å². The van der Waals surface area contributed by atoms with Gasteiger partial charge in [0.25, 0.3) is 0 Å². The zero-order valence-electron chi connectivity index (χ0n) is 8.92. The van der Waals surface area contributed by atoms with Crippen molar-refractivity contribution in [2.24, 2.45) is 0 Å². The number of aromatic nitrogens is 3. The molecule has 1 amide bonds. The molecule has 0 spiro atoms. The van der Waals surface area contributed by atoms with E-state index in [-0.39, 0.29) is 5.91 Å². The summed E-state index contributed by atoms with van der Waals surface area (Å²) in [4.78, 5) is 15.2. The molecule has 0 unspecified atom stereocenters. The Bertz CT molecular complexity index is 272. The Labute approximate surface area is 88.9 Å². The summed E-state index contributed by atoms with van der Waals surface area (Å²) in [6.45, 7) is 3.90. The number of nitrogens with one attached hydrogen (secondary N) is 3. The molecule has 1 aromatic heterocycles. The molecule has 84 valence electrons. The van der Waals surface area contributed by atoms with Gasteiger partial charge in [0.1, 0.15) is 12.2 Å². The highest BCUT2D eigenvalue weighted by Gasteiger charge is 2.00. The molecule has 0 aliphatic heterocycles. The lowest BCUT2D eigenvalue weighted by molar-refractivity contribution is -0.120. The number of amides is 1. The number of H-pyrrole nitrogens is 1. The molecule has 0 saturated carbocycles.